The molecule has 1 aromatic rings. The number of hydrogen-bond acceptors (Lipinski definition) is 3. The van der Waals surface area contributed by atoms with Gasteiger partial charge in [0, 0.05) is 43.6 Å². The third-order valence-electron chi connectivity index (χ3n) is 4.63. The summed E-state index contributed by atoms with van der Waals surface area (Å²) < 4.78 is 2.16. The van der Waals surface area contributed by atoms with Gasteiger partial charge in [-0.3, -0.25) is 9.59 Å². The summed E-state index contributed by atoms with van der Waals surface area (Å²) in [6.07, 6.45) is 5.33. The van der Waals surface area contributed by atoms with Crippen molar-refractivity contribution < 1.29 is 9.59 Å². The molecule has 2 amide bonds. The first-order chi connectivity index (χ1) is 10.8. The fourth-order valence-corrected chi connectivity index (χ4v) is 3.24. The molecule has 1 N–H and O–H groups in total. The Balaban J connectivity index is 1.58. The highest BCUT2D eigenvalue weighted by Crippen LogP contribution is 2.24. The van der Waals surface area contributed by atoms with Crippen molar-refractivity contribution in [3.8, 4) is 0 Å². The van der Waals surface area contributed by atoms with Crippen LogP contribution < -0.4 is 5.32 Å². The van der Waals surface area contributed by atoms with Crippen LogP contribution in [0.2, 0.25) is 0 Å². The van der Waals surface area contributed by atoms with Crippen LogP contribution in [0.3, 0.4) is 0 Å². The van der Waals surface area contributed by atoms with Crippen molar-refractivity contribution >= 4 is 11.8 Å². The average molecular weight is 318 g/mol. The normalized spacial score (nSPS) is 21.4. The molecule has 0 bridgehead atoms. The van der Waals surface area contributed by atoms with Crippen molar-refractivity contribution in [1.29, 1.82) is 0 Å². The Morgan fingerprint density at radius 3 is 2.83 bits per heavy atom. The molecule has 126 valence electrons. The third-order valence-corrected chi connectivity index (χ3v) is 4.63. The Morgan fingerprint density at radius 2 is 2.17 bits per heavy atom. The summed E-state index contributed by atoms with van der Waals surface area (Å²) in [7, 11) is 0. The van der Waals surface area contributed by atoms with E-state index in [2.05, 4.69) is 36.9 Å². The van der Waals surface area contributed by atoms with Crippen LogP contribution in [0, 0.1) is 0 Å². The van der Waals surface area contributed by atoms with E-state index < -0.39 is 0 Å². The van der Waals surface area contributed by atoms with Gasteiger partial charge in [0.15, 0.2) is 0 Å². The molecule has 0 radical (unpaired) electrons. The molecule has 3 rings (SSSR count). The van der Waals surface area contributed by atoms with Crippen molar-refractivity contribution in [3.63, 3.8) is 0 Å². The molecule has 3 heterocycles. The van der Waals surface area contributed by atoms with E-state index >= 15 is 0 Å². The molecule has 0 spiro atoms. The molecule has 0 aliphatic carbocycles. The van der Waals surface area contributed by atoms with Crippen molar-refractivity contribution in [3.05, 3.63) is 17.7 Å². The number of aromatic nitrogens is 2. The van der Waals surface area contributed by atoms with Gasteiger partial charge in [-0.2, -0.15) is 0 Å². The van der Waals surface area contributed by atoms with Gasteiger partial charge in [-0.05, 0) is 12.8 Å². The van der Waals surface area contributed by atoms with Gasteiger partial charge in [-0.25, -0.2) is 4.98 Å². The molecule has 6 heteroatoms. The summed E-state index contributed by atoms with van der Waals surface area (Å²) in [5.74, 6) is 1.15. The SMILES string of the molecule is CC(C)(C)c1cn2c(n1)CC[C@@H](NC(=O)CN1CCCC1=O)C2. The largest absolute Gasteiger partial charge is 0.350 e. The van der Waals surface area contributed by atoms with Crippen molar-refractivity contribution in [2.45, 2.75) is 64.5 Å². The maximum absolute atomic E-state index is 12.2. The van der Waals surface area contributed by atoms with E-state index in [1.165, 1.54) is 0 Å². The molecule has 0 aromatic carbocycles. The fraction of sp³-hybridized carbons (Fsp3) is 0.706. The minimum Gasteiger partial charge on any atom is -0.350 e. The van der Waals surface area contributed by atoms with Crippen molar-refractivity contribution in [2.24, 2.45) is 0 Å². The second kappa shape index (κ2) is 5.98. The fourth-order valence-electron chi connectivity index (χ4n) is 3.24. The molecule has 0 saturated carbocycles. The van der Waals surface area contributed by atoms with E-state index in [0.717, 1.165) is 37.3 Å². The number of fused-ring (bicyclic) bond motifs is 1. The Labute approximate surface area is 137 Å². The number of nitrogens with one attached hydrogen (secondary N) is 1. The van der Waals surface area contributed by atoms with Gasteiger partial charge < -0.3 is 14.8 Å². The lowest BCUT2D eigenvalue weighted by atomic mass is 9.93. The van der Waals surface area contributed by atoms with Gasteiger partial charge in [0.2, 0.25) is 11.8 Å². The zero-order valence-electron chi connectivity index (χ0n) is 14.3. The predicted molar refractivity (Wildman–Crippen MR) is 87.0 cm³/mol. The lowest BCUT2D eigenvalue weighted by molar-refractivity contribution is -0.133. The molecule has 0 unspecified atom stereocenters. The number of imidazole rings is 1. The van der Waals surface area contributed by atoms with Gasteiger partial charge in [-0.1, -0.05) is 20.8 Å². The molecule has 2 aliphatic heterocycles. The number of aryl methyl sites for hydroxylation is 1. The number of rotatable bonds is 3. The van der Waals surface area contributed by atoms with E-state index in [1.807, 2.05) is 0 Å². The Hall–Kier alpha value is -1.85. The number of hydrogen-bond donors (Lipinski definition) is 1. The Kier molecular flexibility index (Phi) is 4.17. The predicted octanol–water partition coefficient (Wildman–Crippen LogP) is 1.23. The maximum atomic E-state index is 12.2. The summed E-state index contributed by atoms with van der Waals surface area (Å²) in [6, 6.07) is 0.120. The van der Waals surface area contributed by atoms with E-state index in [1.54, 1.807) is 4.90 Å². The van der Waals surface area contributed by atoms with E-state index in [0.29, 0.717) is 13.0 Å². The molecule has 6 nitrogen and oxygen atoms in total. The van der Waals surface area contributed by atoms with Crippen LogP contribution in [-0.4, -0.2) is 45.4 Å². The molecule has 1 aromatic heterocycles. The van der Waals surface area contributed by atoms with Crippen LogP contribution in [0.5, 0.6) is 0 Å². The van der Waals surface area contributed by atoms with Crippen LogP contribution in [0.25, 0.3) is 0 Å². The van der Waals surface area contributed by atoms with Gasteiger partial charge in [-0.15, -0.1) is 0 Å². The van der Waals surface area contributed by atoms with Crippen LogP contribution in [0.15, 0.2) is 6.20 Å². The smallest absolute Gasteiger partial charge is 0.239 e. The minimum absolute atomic E-state index is 0.0409. The van der Waals surface area contributed by atoms with E-state index in [-0.39, 0.29) is 29.8 Å². The first-order valence-electron chi connectivity index (χ1n) is 8.46. The second-order valence-electron chi connectivity index (χ2n) is 7.67. The Bertz CT molecular complexity index is 615. The summed E-state index contributed by atoms with van der Waals surface area (Å²) >= 11 is 0. The molecule has 1 atom stereocenters. The van der Waals surface area contributed by atoms with E-state index in [4.69, 9.17) is 4.98 Å². The van der Waals surface area contributed by atoms with Crippen LogP contribution in [0.4, 0.5) is 0 Å². The quantitative estimate of drug-likeness (QED) is 0.911. The highest BCUT2D eigenvalue weighted by Gasteiger charge is 2.27. The van der Waals surface area contributed by atoms with Crippen molar-refractivity contribution in [1.82, 2.24) is 19.8 Å². The van der Waals surface area contributed by atoms with Crippen molar-refractivity contribution in [2.75, 3.05) is 13.1 Å². The molecular weight excluding hydrogens is 292 g/mol. The number of carbonyl (C=O) groups is 2. The zero-order chi connectivity index (χ0) is 16.6. The first-order valence-corrected chi connectivity index (χ1v) is 8.46. The summed E-state index contributed by atoms with van der Waals surface area (Å²) in [5.41, 5.74) is 1.14. The lowest BCUT2D eigenvalue weighted by Crippen LogP contribution is -2.45. The standard InChI is InChI=1S/C17H26N4O2/c1-17(2,3)13-10-21-9-12(6-7-14(21)19-13)18-15(22)11-20-8-4-5-16(20)23/h10,12H,4-9,11H2,1-3H3,(H,18,22)/t12-/m1/s1. The summed E-state index contributed by atoms with van der Waals surface area (Å²) in [4.78, 5) is 30.1. The minimum atomic E-state index is -0.0511. The summed E-state index contributed by atoms with van der Waals surface area (Å²) in [6.45, 7) is 8.14. The van der Waals surface area contributed by atoms with Crippen LogP contribution >= 0.6 is 0 Å². The number of amides is 2. The number of nitrogens with zero attached hydrogens (tertiary/aromatic N) is 3. The molecule has 23 heavy (non-hydrogen) atoms. The Morgan fingerprint density at radius 1 is 1.39 bits per heavy atom. The van der Waals surface area contributed by atoms with Gasteiger partial charge in [0.05, 0.1) is 12.2 Å². The highest BCUT2D eigenvalue weighted by atomic mass is 16.2. The average Bonchev–Trinajstić information content (AvgIpc) is 3.05. The zero-order valence-corrected chi connectivity index (χ0v) is 14.3. The monoisotopic (exact) mass is 318 g/mol. The van der Waals surface area contributed by atoms with Crippen LogP contribution in [-0.2, 0) is 28.0 Å². The second-order valence-corrected chi connectivity index (χ2v) is 7.67. The third kappa shape index (κ3) is 3.57. The van der Waals surface area contributed by atoms with Gasteiger partial charge >= 0.3 is 0 Å². The molecule has 1 fully saturated rings. The number of carbonyl (C=O) groups excluding carboxylic acids is 2. The highest BCUT2D eigenvalue weighted by molar-refractivity contribution is 5.85. The number of likely N-dealkylation sites (tertiary alicyclic amines) is 1. The topological polar surface area (TPSA) is 67.2 Å². The van der Waals surface area contributed by atoms with Gasteiger partial charge in [0.25, 0.3) is 0 Å². The van der Waals surface area contributed by atoms with Gasteiger partial charge in [0.1, 0.15) is 5.82 Å². The summed E-state index contributed by atoms with van der Waals surface area (Å²) in [5, 5.41) is 3.07. The maximum Gasteiger partial charge on any atom is 0.239 e. The molecule has 2 aliphatic rings. The molecular formula is C17H26N4O2. The van der Waals surface area contributed by atoms with Crippen LogP contribution in [0.1, 0.15) is 51.6 Å². The molecule has 1 saturated heterocycles. The lowest BCUT2D eigenvalue weighted by Gasteiger charge is -2.25. The first kappa shape index (κ1) is 16.0. The van der Waals surface area contributed by atoms with E-state index in [9.17, 15) is 9.59 Å².